The number of rotatable bonds is 4. The second kappa shape index (κ2) is 5.07. The van der Waals surface area contributed by atoms with Crippen LogP contribution < -0.4 is 5.32 Å². The Morgan fingerprint density at radius 1 is 1.40 bits per heavy atom. The molecule has 1 aromatic heterocycles. The van der Waals surface area contributed by atoms with Crippen LogP contribution in [0.1, 0.15) is 18.3 Å². The average molecular weight is 208 g/mol. The van der Waals surface area contributed by atoms with Crippen molar-refractivity contribution < 1.29 is 0 Å². The van der Waals surface area contributed by atoms with Crippen LogP contribution in [0.5, 0.6) is 0 Å². The summed E-state index contributed by atoms with van der Waals surface area (Å²) in [5.74, 6) is 0.892. The lowest BCUT2D eigenvalue weighted by atomic mass is 10.3. The summed E-state index contributed by atoms with van der Waals surface area (Å²) in [5, 5.41) is 3.32. The summed E-state index contributed by atoms with van der Waals surface area (Å²) in [4.78, 5) is 10.8. The third-order valence-corrected chi connectivity index (χ3v) is 2.52. The molecule has 0 aromatic carbocycles. The van der Waals surface area contributed by atoms with Crippen LogP contribution in [0, 0.1) is 13.8 Å². The summed E-state index contributed by atoms with van der Waals surface area (Å²) in [6.45, 7) is 6.97. The van der Waals surface area contributed by atoms with E-state index < -0.39 is 0 Å². The highest BCUT2D eigenvalue weighted by molar-refractivity contribution is 5.39. The summed E-state index contributed by atoms with van der Waals surface area (Å²) < 4.78 is 0. The van der Waals surface area contributed by atoms with Crippen LogP contribution in [0.3, 0.4) is 0 Å². The number of nitrogens with one attached hydrogen (secondary N) is 1. The highest BCUT2D eigenvalue weighted by atomic mass is 15.1. The minimum Gasteiger partial charge on any atom is -0.367 e. The summed E-state index contributed by atoms with van der Waals surface area (Å²) in [6, 6.07) is 0.478. The SMILES string of the molecule is Cc1cnc(C)c(NCC(C)N(C)C)n1. The number of aromatic nitrogens is 2. The normalized spacial score (nSPS) is 12.9. The molecule has 0 saturated carbocycles. The standard InChI is InChI=1S/C11H20N4/c1-8-6-12-10(3)11(14-8)13-7-9(2)15(4)5/h6,9H,7H2,1-5H3,(H,13,14). The molecule has 1 heterocycles. The molecule has 0 fully saturated rings. The fraction of sp³-hybridized carbons (Fsp3) is 0.636. The minimum absolute atomic E-state index is 0.478. The molecule has 1 aromatic rings. The van der Waals surface area contributed by atoms with Gasteiger partial charge in [-0.2, -0.15) is 0 Å². The predicted molar refractivity (Wildman–Crippen MR) is 63.1 cm³/mol. The van der Waals surface area contributed by atoms with Crippen LogP contribution in [0.25, 0.3) is 0 Å². The summed E-state index contributed by atoms with van der Waals surface area (Å²) in [7, 11) is 4.14. The Morgan fingerprint density at radius 3 is 2.67 bits per heavy atom. The second-order valence-electron chi connectivity index (χ2n) is 4.14. The molecule has 0 saturated heterocycles. The molecule has 1 rings (SSSR count). The molecule has 1 atom stereocenters. The van der Waals surface area contributed by atoms with E-state index in [0.717, 1.165) is 23.8 Å². The fourth-order valence-electron chi connectivity index (χ4n) is 1.13. The lowest BCUT2D eigenvalue weighted by Gasteiger charge is -2.20. The number of hydrogen-bond acceptors (Lipinski definition) is 4. The van der Waals surface area contributed by atoms with Gasteiger partial charge in [-0.05, 0) is 34.9 Å². The van der Waals surface area contributed by atoms with Gasteiger partial charge in [0.05, 0.1) is 11.4 Å². The van der Waals surface area contributed by atoms with Gasteiger partial charge in [0.15, 0.2) is 0 Å². The van der Waals surface area contributed by atoms with E-state index in [1.54, 1.807) is 6.20 Å². The maximum atomic E-state index is 4.41. The molecule has 1 unspecified atom stereocenters. The van der Waals surface area contributed by atoms with Crippen LogP contribution in [0.15, 0.2) is 6.20 Å². The number of likely N-dealkylation sites (N-methyl/N-ethyl adjacent to an activating group) is 1. The molecule has 84 valence electrons. The number of hydrogen-bond donors (Lipinski definition) is 1. The van der Waals surface area contributed by atoms with Crippen molar-refractivity contribution in [3.63, 3.8) is 0 Å². The zero-order valence-electron chi connectivity index (χ0n) is 10.2. The van der Waals surface area contributed by atoms with E-state index in [2.05, 4.69) is 41.2 Å². The average Bonchev–Trinajstić information content (AvgIpc) is 2.18. The molecule has 0 aliphatic carbocycles. The third-order valence-electron chi connectivity index (χ3n) is 2.52. The van der Waals surface area contributed by atoms with Gasteiger partial charge in [0.1, 0.15) is 5.82 Å². The maximum Gasteiger partial charge on any atom is 0.147 e. The predicted octanol–water partition coefficient (Wildman–Crippen LogP) is 1.46. The van der Waals surface area contributed by atoms with Gasteiger partial charge >= 0.3 is 0 Å². The first-order chi connectivity index (χ1) is 7.00. The molecule has 15 heavy (non-hydrogen) atoms. The smallest absolute Gasteiger partial charge is 0.147 e. The topological polar surface area (TPSA) is 41.1 Å². The van der Waals surface area contributed by atoms with Gasteiger partial charge in [-0.15, -0.1) is 0 Å². The van der Waals surface area contributed by atoms with E-state index in [1.807, 2.05) is 13.8 Å². The molecule has 0 amide bonds. The van der Waals surface area contributed by atoms with E-state index >= 15 is 0 Å². The molecule has 0 radical (unpaired) electrons. The van der Waals surface area contributed by atoms with Crippen molar-refractivity contribution in [2.45, 2.75) is 26.8 Å². The van der Waals surface area contributed by atoms with Gasteiger partial charge in [-0.1, -0.05) is 0 Å². The highest BCUT2D eigenvalue weighted by Crippen LogP contribution is 2.08. The van der Waals surface area contributed by atoms with Crippen LogP contribution in [0.2, 0.25) is 0 Å². The first-order valence-electron chi connectivity index (χ1n) is 5.21. The van der Waals surface area contributed by atoms with E-state index in [9.17, 15) is 0 Å². The molecular formula is C11H20N4. The first-order valence-corrected chi connectivity index (χ1v) is 5.21. The Balaban J connectivity index is 2.61. The quantitative estimate of drug-likeness (QED) is 0.813. The summed E-state index contributed by atoms with van der Waals surface area (Å²) >= 11 is 0. The van der Waals surface area contributed by atoms with Gasteiger partial charge in [0, 0.05) is 18.8 Å². The van der Waals surface area contributed by atoms with Crippen LogP contribution in [-0.4, -0.2) is 41.5 Å². The summed E-state index contributed by atoms with van der Waals surface area (Å²) in [6.07, 6.45) is 1.79. The van der Waals surface area contributed by atoms with Crippen LogP contribution in [0.4, 0.5) is 5.82 Å². The lowest BCUT2D eigenvalue weighted by Crippen LogP contribution is -2.31. The van der Waals surface area contributed by atoms with E-state index in [-0.39, 0.29) is 0 Å². The molecule has 1 N–H and O–H groups in total. The molecule has 4 heteroatoms. The lowest BCUT2D eigenvalue weighted by molar-refractivity contribution is 0.326. The van der Waals surface area contributed by atoms with Crippen molar-refractivity contribution >= 4 is 5.82 Å². The zero-order chi connectivity index (χ0) is 11.4. The van der Waals surface area contributed by atoms with Crippen LogP contribution in [-0.2, 0) is 0 Å². The first kappa shape index (κ1) is 11.9. The third kappa shape index (κ3) is 3.47. The molecular weight excluding hydrogens is 188 g/mol. The van der Waals surface area contributed by atoms with E-state index in [4.69, 9.17) is 0 Å². The molecule has 0 aliphatic rings. The molecule has 4 nitrogen and oxygen atoms in total. The van der Waals surface area contributed by atoms with Crippen molar-refractivity contribution in [3.05, 3.63) is 17.6 Å². The number of nitrogens with zero attached hydrogens (tertiary/aromatic N) is 3. The Labute approximate surface area is 91.7 Å². The highest BCUT2D eigenvalue weighted by Gasteiger charge is 2.06. The van der Waals surface area contributed by atoms with Gasteiger partial charge in [-0.25, -0.2) is 4.98 Å². The van der Waals surface area contributed by atoms with Crippen LogP contribution >= 0.6 is 0 Å². The maximum absolute atomic E-state index is 4.41. The van der Waals surface area contributed by atoms with Crippen molar-refractivity contribution in [3.8, 4) is 0 Å². The Kier molecular flexibility index (Phi) is 4.03. The van der Waals surface area contributed by atoms with Crippen molar-refractivity contribution in [1.82, 2.24) is 14.9 Å². The van der Waals surface area contributed by atoms with E-state index in [0.29, 0.717) is 6.04 Å². The van der Waals surface area contributed by atoms with Crippen molar-refractivity contribution in [2.24, 2.45) is 0 Å². The molecule has 0 bridgehead atoms. The molecule has 0 spiro atoms. The van der Waals surface area contributed by atoms with Gasteiger partial charge < -0.3 is 10.2 Å². The van der Waals surface area contributed by atoms with Gasteiger partial charge in [0.2, 0.25) is 0 Å². The Hall–Kier alpha value is -1.16. The van der Waals surface area contributed by atoms with Gasteiger partial charge in [-0.3, -0.25) is 4.98 Å². The van der Waals surface area contributed by atoms with E-state index in [1.165, 1.54) is 0 Å². The Morgan fingerprint density at radius 2 is 2.07 bits per heavy atom. The fourth-order valence-corrected chi connectivity index (χ4v) is 1.13. The monoisotopic (exact) mass is 208 g/mol. The Bertz CT molecular complexity index is 322. The summed E-state index contributed by atoms with van der Waals surface area (Å²) in [5.41, 5.74) is 1.90. The zero-order valence-corrected chi connectivity index (χ0v) is 10.2. The van der Waals surface area contributed by atoms with Crippen molar-refractivity contribution in [2.75, 3.05) is 26.0 Å². The van der Waals surface area contributed by atoms with Gasteiger partial charge in [0.25, 0.3) is 0 Å². The number of aryl methyl sites for hydroxylation is 2. The second-order valence-corrected chi connectivity index (χ2v) is 4.14. The molecule has 0 aliphatic heterocycles. The number of anilines is 1. The van der Waals surface area contributed by atoms with Crippen molar-refractivity contribution in [1.29, 1.82) is 0 Å². The largest absolute Gasteiger partial charge is 0.367 e. The minimum atomic E-state index is 0.478.